The van der Waals surface area contributed by atoms with Gasteiger partial charge in [0, 0.05) is 17.8 Å². The molecule has 24 heavy (non-hydrogen) atoms. The summed E-state index contributed by atoms with van der Waals surface area (Å²) in [5, 5.41) is 2.96. The summed E-state index contributed by atoms with van der Waals surface area (Å²) < 4.78 is 0. The molecule has 1 N–H and O–H groups in total. The first kappa shape index (κ1) is 18.2. The van der Waals surface area contributed by atoms with Crippen molar-refractivity contribution in [1.82, 2.24) is 4.90 Å². The number of amides is 1. The summed E-state index contributed by atoms with van der Waals surface area (Å²) in [6.07, 6.45) is 0. The van der Waals surface area contributed by atoms with E-state index in [0.29, 0.717) is 11.5 Å². The van der Waals surface area contributed by atoms with E-state index in [-0.39, 0.29) is 5.91 Å². The van der Waals surface area contributed by atoms with Crippen LogP contribution in [0.4, 0.5) is 5.69 Å². The number of anilines is 1. The molecule has 0 aliphatic carbocycles. The molecule has 0 aromatic heterocycles. The standard InChI is InChI=1S/C21H28N2O/c1-5-23(6-2)15-17-7-9-19(10-8-17)21(24)22-20-13-11-18(12-14-20)16(3)4/h7-14,16H,5-6,15H2,1-4H3,(H,22,24). The number of hydrogen-bond acceptors (Lipinski definition) is 2. The van der Waals surface area contributed by atoms with Crippen LogP contribution >= 0.6 is 0 Å². The van der Waals surface area contributed by atoms with Crippen molar-refractivity contribution in [2.75, 3.05) is 18.4 Å². The fourth-order valence-corrected chi connectivity index (χ4v) is 2.62. The second kappa shape index (κ2) is 8.65. The van der Waals surface area contributed by atoms with E-state index >= 15 is 0 Å². The van der Waals surface area contributed by atoms with Gasteiger partial charge in [-0.05, 0) is 54.4 Å². The largest absolute Gasteiger partial charge is 0.322 e. The highest BCUT2D eigenvalue weighted by Crippen LogP contribution is 2.18. The normalized spacial score (nSPS) is 11.1. The second-order valence-electron chi connectivity index (χ2n) is 6.39. The average molecular weight is 324 g/mol. The quantitative estimate of drug-likeness (QED) is 0.785. The van der Waals surface area contributed by atoms with Crippen LogP contribution in [0, 0.1) is 0 Å². The van der Waals surface area contributed by atoms with E-state index in [1.54, 1.807) is 0 Å². The van der Waals surface area contributed by atoms with E-state index in [4.69, 9.17) is 0 Å². The molecule has 0 radical (unpaired) electrons. The number of hydrogen-bond donors (Lipinski definition) is 1. The summed E-state index contributed by atoms with van der Waals surface area (Å²) in [6, 6.07) is 15.9. The van der Waals surface area contributed by atoms with Gasteiger partial charge in [0.05, 0.1) is 0 Å². The van der Waals surface area contributed by atoms with Gasteiger partial charge in [0.25, 0.3) is 5.91 Å². The lowest BCUT2D eigenvalue weighted by atomic mass is 10.0. The summed E-state index contributed by atoms with van der Waals surface area (Å²) in [5.74, 6) is 0.426. The maximum absolute atomic E-state index is 12.4. The maximum Gasteiger partial charge on any atom is 0.255 e. The van der Waals surface area contributed by atoms with Crippen LogP contribution in [0.15, 0.2) is 48.5 Å². The van der Waals surface area contributed by atoms with Crippen LogP contribution in [-0.4, -0.2) is 23.9 Å². The Morgan fingerprint density at radius 3 is 2.04 bits per heavy atom. The van der Waals surface area contributed by atoms with Crippen LogP contribution in [-0.2, 0) is 6.54 Å². The van der Waals surface area contributed by atoms with Gasteiger partial charge >= 0.3 is 0 Å². The number of carbonyl (C=O) groups excluding carboxylic acids is 1. The van der Waals surface area contributed by atoms with Crippen molar-refractivity contribution in [3.63, 3.8) is 0 Å². The topological polar surface area (TPSA) is 32.3 Å². The van der Waals surface area contributed by atoms with Crippen molar-refractivity contribution >= 4 is 11.6 Å². The first-order valence-electron chi connectivity index (χ1n) is 8.76. The number of rotatable bonds is 7. The Balaban J connectivity index is 1.99. The number of nitrogens with one attached hydrogen (secondary N) is 1. The zero-order valence-electron chi connectivity index (χ0n) is 15.2. The minimum Gasteiger partial charge on any atom is -0.322 e. The molecule has 3 heteroatoms. The summed E-state index contributed by atoms with van der Waals surface area (Å²) in [6.45, 7) is 11.6. The van der Waals surface area contributed by atoms with E-state index in [2.05, 4.69) is 50.0 Å². The Kier molecular flexibility index (Phi) is 6.56. The molecule has 2 aromatic rings. The fraction of sp³-hybridized carbons (Fsp3) is 0.381. The fourth-order valence-electron chi connectivity index (χ4n) is 2.62. The Hall–Kier alpha value is -2.13. The van der Waals surface area contributed by atoms with Crippen LogP contribution in [0.2, 0.25) is 0 Å². The average Bonchev–Trinajstić information content (AvgIpc) is 2.60. The molecule has 0 unspecified atom stereocenters. The Labute approximate surface area is 145 Å². The SMILES string of the molecule is CCN(CC)Cc1ccc(C(=O)Nc2ccc(C(C)C)cc2)cc1. The summed E-state index contributed by atoms with van der Waals surface area (Å²) in [5.41, 5.74) is 4.02. The minimum absolute atomic E-state index is 0.0679. The third-order valence-corrected chi connectivity index (χ3v) is 4.35. The van der Waals surface area contributed by atoms with Crippen molar-refractivity contribution in [1.29, 1.82) is 0 Å². The first-order chi connectivity index (χ1) is 11.5. The summed E-state index contributed by atoms with van der Waals surface area (Å²) in [7, 11) is 0. The summed E-state index contributed by atoms with van der Waals surface area (Å²) in [4.78, 5) is 14.7. The zero-order chi connectivity index (χ0) is 17.5. The number of carbonyl (C=O) groups is 1. The smallest absolute Gasteiger partial charge is 0.255 e. The molecule has 0 saturated heterocycles. The van der Waals surface area contributed by atoms with E-state index in [9.17, 15) is 4.79 Å². The minimum atomic E-state index is -0.0679. The molecule has 0 fully saturated rings. The predicted octanol–water partition coefficient (Wildman–Crippen LogP) is 4.90. The van der Waals surface area contributed by atoms with Gasteiger partial charge < -0.3 is 5.32 Å². The van der Waals surface area contributed by atoms with Gasteiger partial charge in [-0.15, -0.1) is 0 Å². The van der Waals surface area contributed by atoms with Crippen molar-refractivity contribution in [2.24, 2.45) is 0 Å². The maximum atomic E-state index is 12.4. The molecule has 3 nitrogen and oxygen atoms in total. The lowest BCUT2D eigenvalue weighted by Crippen LogP contribution is -2.22. The molecule has 1 amide bonds. The highest BCUT2D eigenvalue weighted by Gasteiger charge is 2.08. The van der Waals surface area contributed by atoms with Crippen molar-refractivity contribution in [3.05, 3.63) is 65.2 Å². The molecule has 0 bridgehead atoms. The summed E-state index contributed by atoms with van der Waals surface area (Å²) >= 11 is 0. The third kappa shape index (κ3) is 4.93. The van der Waals surface area contributed by atoms with E-state index < -0.39 is 0 Å². The van der Waals surface area contributed by atoms with Gasteiger partial charge in [0.1, 0.15) is 0 Å². The van der Waals surface area contributed by atoms with E-state index in [1.807, 2.05) is 36.4 Å². The molecular formula is C21H28N2O. The van der Waals surface area contributed by atoms with Gasteiger partial charge in [0.2, 0.25) is 0 Å². The van der Waals surface area contributed by atoms with Gasteiger partial charge in [-0.1, -0.05) is 52.0 Å². The van der Waals surface area contributed by atoms with Crippen LogP contribution in [0.1, 0.15) is 55.1 Å². The van der Waals surface area contributed by atoms with Crippen molar-refractivity contribution < 1.29 is 4.79 Å². The van der Waals surface area contributed by atoms with Crippen LogP contribution in [0.3, 0.4) is 0 Å². The number of nitrogens with zero attached hydrogens (tertiary/aromatic N) is 1. The number of benzene rings is 2. The highest BCUT2D eigenvalue weighted by atomic mass is 16.1. The van der Waals surface area contributed by atoms with Gasteiger partial charge in [-0.3, -0.25) is 9.69 Å². The Morgan fingerprint density at radius 2 is 1.54 bits per heavy atom. The molecule has 2 rings (SSSR count). The predicted molar refractivity (Wildman–Crippen MR) is 102 cm³/mol. The molecule has 0 heterocycles. The van der Waals surface area contributed by atoms with Crippen LogP contribution < -0.4 is 5.32 Å². The third-order valence-electron chi connectivity index (χ3n) is 4.35. The van der Waals surface area contributed by atoms with Crippen LogP contribution in [0.5, 0.6) is 0 Å². The molecule has 0 aliphatic rings. The molecule has 0 saturated carbocycles. The van der Waals surface area contributed by atoms with Gasteiger partial charge in [0.15, 0.2) is 0 Å². The zero-order valence-corrected chi connectivity index (χ0v) is 15.2. The molecule has 0 aliphatic heterocycles. The first-order valence-corrected chi connectivity index (χ1v) is 8.76. The Morgan fingerprint density at radius 1 is 0.958 bits per heavy atom. The van der Waals surface area contributed by atoms with E-state index in [0.717, 1.165) is 25.3 Å². The van der Waals surface area contributed by atoms with Gasteiger partial charge in [-0.25, -0.2) is 0 Å². The lowest BCUT2D eigenvalue weighted by Gasteiger charge is -2.18. The van der Waals surface area contributed by atoms with Gasteiger partial charge in [-0.2, -0.15) is 0 Å². The Bertz CT molecular complexity index is 641. The van der Waals surface area contributed by atoms with Crippen molar-refractivity contribution in [2.45, 2.75) is 40.2 Å². The van der Waals surface area contributed by atoms with Crippen molar-refractivity contribution in [3.8, 4) is 0 Å². The highest BCUT2D eigenvalue weighted by molar-refractivity contribution is 6.04. The molecular weight excluding hydrogens is 296 g/mol. The van der Waals surface area contributed by atoms with E-state index in [1.165, 1.54) is 11.1 Å². The second-order valence-corrected chi connectivity index (χ2v) is 6.39. The molecule has 2 aromatic carbocycles. The molecule has 0 atom stereocenters. The monoisotopic (exact) mass is 324 g/mol. The molecule has 0 spiro atoms. The molecule has 128 valence electrons. The van der Waals surface area contributed by atoms with Crippen LogP contribution in [0.25, 0.3) is 0 Å². The lowest BCUT2D eigenvalue weighted by molar-refractivity contribution is 0.102.